The van der Waals surface area contributed by atoms with Gasteiger partial charge in [0.25, 0.3) is 0 Å². The molecule has 2 heterocycles. The first-order valence-corrected chi connectivity index (χ1v) is 19.5. The molecule has 1 unspecified atom stereocenters. The lowest BCUT2D eigenvalue weighted by Crippen LogP contribution is -2.65. The first kappa shape index (κ1) is 38.7. The molecule has 8 heteroatoms. The average Bonchev–Trinajstić information content (AvgIpc) is 3.74. The third-order valence-corrected chi connectivity index (χ3v) is 10.5. The van der Waals surface area contributed by atoms with E-state index in [0.717, 1.165) is 44.7 Å². The van der Waals surface area contributed by atoms with Crippen molar-refractivity contribution in [1.29, 1.82) is 0 Å². The average molecular weight is 767 g/mol. The lowest BCUT2D eigenvalue weighted by molar-refractivity contribution is -0.378. The van der Waals surface area contributed by atoms with Crippen LogP contribution >= 0.6 is 0 Å². The van der Waals surface area contributed by atoms with E-state index in [9.17, 15) is 9.50 Å². The Kier molecular flexibility index (Phi) is 12.5. The van der Waals surface area contributed by atoms with Crippen LogP contribution in [0.25, 0.3) is 0 Å². The molecule has 0 saturated carbocycles. The molecule has 5 atom stereocenters. The molecule has 57 heavy (non-hydrogen) atoms. The summed E-state index contributed by atoms with van der Waals surface area (Å²) in [6.45, 7) is 1.65. The largest absolute Gasteiger partial charge is 0.493 e. The highest BCUT2D eigenvalue weighted by molar-refractivity contribution is 5.50. The van der Waals surface area contributed by atoms with Crippen LogP contribution in [0.5, 0.6) is 5.75 Å². The van der Waals surface area contributed by atoms with Gasteiger partial charge in [-0.05, 0) is 63.2 Å². The summed E-state index contributed by atoms with van der Waals surface area (Å²) in [5.41, 5.74) is 7.09. The minimum atomic E-state index is -2.03. The summed E-state index contributed by atoms with van der Waals surface area (Å²) in [5, 5.41) is 13.4. The van der Waals surface area contributed by atoms with Gasteiger partial charge in [0.15, 0.2) is 0 Å². The lowest BCUT2D eigenvalue weighted by atomic mass is 9.85. The quantitative estimate of drug-likeness (QED) is 0.106. The van der Waals surface area contributed by atoms with Gasteiger partial charge in [-0.2, -0.15) is 0 Å². The second-order valence-corrected chi connectivity index (χ2v) is 14.6. The van der Waals surface area contributed by atoms with E-state index in [1.54, 1.807) is 12.1 Å². The number of rotatable bonds is 16. The molecule has 1 fully saturated rings. The molecule has 292 valence electrons. The van der Waals surface area contributed by atoms with E-state index >= 15 is 0 Å². The minimum absolute atomic E-state index is 0.101. The highest BCUT2D eigenvalue weighted by Gasteiger charge is 2.57. The molecule has 0 amide bonds. The zero-order valence-electron chi connectivity index (χ0n) is 31.8. The van der Waals surface area contributed by atoms with Crippen LogP contribution in [0.3, 0.4) is 0 Å². The van der Waals surface area contributed by atoms with E-state index in [1.807, 2.05) is 133 Å². The summed E-state index contributed by atoms with van der Waals surface area (Å²) in [7, 11) is 0. The van der Waals surface area contributed by atoms with Crippen molar-refractivity contribution < 1.29 is 37.9 Å². The van der Waals surface area contributed by atoms with Crippen LogP contribution in [0.4, 0.5) is 4.39 Å². The van der Waals surface area contributed by atoms with Gasteiger partial charge in [-0.15, -0.1) is 0 Å². The van der Waals surface area contributed by atoms with E-state index in [2.05, 4.69) is 0 Å². The predicted octanol–water partition coefficient (Wildman–Crippen LogP) is 8.87. The number of fused-ring (bicyclic) bond motifs is 1. The molecule has 2 aliphatic heterocycles. The van der Waals surface area contributed by atoms with E-state index in [0.29, 0.717) is 31.6 Å². The highest BCUT2D eigenvalue weighted by Crippen LogP contribution is 2.44. The maximum absolute atomic E-state index is 13.9. The minimum Gasteiger partial charge on any atom is -0.493 e. The number of hydrogen-bond acceptors (Lipinski definition) is 7. The summed E-state index contributed by atoms with van der Waals surface area (Å²) in [6, 6.07) is 50.0. The monoisotopic (exact) mass is 766 g/mol. The molecule has 6 aromatic rings. The molecular formula is C49H47FO7. The lowest BCUT2D eigenvalue weighted by Gasteiger charge is -2.50. The van der Waals surface area contributed by atoms with Crippen LogP contribution in [-0.2, 0) is 68.7 Å². The first-order valence-electron chi connectivity index (χ1n) is 19.5. The standard InChI is InChI=1S/C49H47FO7/c50-43-23-21-35(22-24-43)27-41-29-42(28-40-25-26-53-45(40)41)49(51)48(56-33-39-19-11-4-12-20-39)47(55-32-38-17-9-3-10-18-38)46(54-31-37-15-7-2-8-16-37)44(57-49)34-52-30-36-13-5-1-6-14-36/h1-24,28-29,44,46-48,51H,25-27,30-34H2/t44-,46-,47+,48-,49?/m1/s1. The smallest absolute Gasteiger partial charge is 0.222 e. The molecule has 0 radical (unpaired) electrons. The summed E-state index contributed by atoms with van der Waals surface area (Å²) < 4.78 is 54.0. The van der Waals surface area contributed by atoms with Gasteiger partial charge in [-0.1, -0.05) is 133 Å². The maximum atomic E-state index is 13.9. The van der Waals surface area contributed by atoms with Crippen molar-refractivity contribution in [2.45, 2.75) is 69.5 Å². The van der Waals surface area contributed by atoms with Crippen LogP contribution in [0, 0.1) is 5.82 Å². The van der Waals surface area contributed by atoms with Crippen LogP contribution in [0.2, 0.25) is 0 Å². The van der Waals surface area contributed by atoms with Crippen molar-refractivity contribution >= 4 is 0 Å². The molecule has 2 aliphatic rings. The molecule has 1 N–H and O–H groups in total. The van der Waals surface area contributed by atoms with Gasteiger partial charge in [-0.25, -0.2) is 4.39 Å². The van der Waals surface area contributed by atoms with Gasteiger partial charge < -0.3 is 33.5 Å². The Labute approximate surface area is 333 Å². The van der Waals surface area contributed by atoms with Crippen molar-refractivity contribution in [1.82, 2.24) is 0 Å². The predicted molar refractivity (Wildman–Crippen MR) is 215 cm³/mol. The normalized spacial score (nSPS) is 21.5. The summed E-state index contributed by atoms with van der Waals surface area (Å²) in [6.07, 6.45) is -2.28. The zero-order valence-corrected chi connectivity index (χ0v) is 31.8. The van der Waals surface area contributed by atoms with Crippen molar-refractivity contribution in [2.24, 2.45) is 0 Å². The fraction of sp³-hybridized carbons (Fsp3) is 0.265. The molecule has 0 bridgehead atoms. The Bertz CT molecular complexity index is 2150. The van der Waals surface area contributed by atoms with Gasteiger partial charge in [0.1, 0.15) is 36.0 Å². The van der Waals surface area contributed by atoms with Crippen LogP contribution < -0.4 is 4.74 Å². The summed E-state index contributed by atoms with van der Waals surface area (Å²) in [5.74, 6) is -1.56. The SMILES string of the molecule is OC1(c2cc3c(c(Cc4ccc(F)cc4)c2)OCC3)O[C@H](COCc2ccccc2)[C@@H](OCc2ccccc2)[C@H](OCc2ccccc2)[C@H]1OCc1ccccc1. The van der Waals surface area contributed by atoms with Gasteiger partial charge in [0, 0.05) is 18.4 Å². The number of ether oxygens (including phenoxy) is 6. The fourth-order valence-corrected chi connectivity index (χ4v) is 7.63. The number of aliphatic hydroxyl groups is 1. The van der Waals surface area contributed by atoms with Crippen molar-refractivity contribution in [2.75, 3.05) is 13.2 Å². The topological polar surface area (TPSA) is 75.6 Å². The Morgan fingerprint density at radius 1 is 0.596 bits per heavy atom. The van der Waals surface area contributed by atoms with Crippen molar-refractivity contribution in [3.8, 4) is 5.75 Å². The Balaban J connectivity index is 1.21. The van der Waals surface area contributed by atoms with Crippen molar-refractivity contribution in [3.05, 3.63) is 208 Å². The van der Waals surface area contributed by atoms with Gasteiger partial charge in [0.05, 0.1) is 39.6 Å². The second-order valence-electron chi connectivity index (χ2n) is 14.6. The summed E-state index contributed by atoms with van der Waals surface area (Å²) in [4.78, 5) is 0. The first-order chi connectivity index (χ1) is 28.0. The van der Waals surface area contributed by atoms with E-state index in [-0.39, 0.29) is 32.2 Å². The number of hydrogen-bond donors (Lipinski definition) is 1. The van der Waals surface area contributed by atoms with E-state index < -0.39 is 30.2 Å². The van der Waals surface area contributed by atoms with E-state index in [1.165, 1.54) is 12.1 Å². The van der Waals surface area contributed by atoms with Crippen molar-refractivity contribution in [3.63, 3.8) is 0 Å². The molecule has 0 spiro atoms. The van der Waals surface area contributed by atoms with Gasteiger partial charge >= 0.3 is 0 Å². The molecule has 8 rings (SSSR count). The van der Waals surface area contributed by atoms with Crippen LogP contribution in [-0.4, -0.2) is 42.7 Å². The molecule has 0 aliphatic carbocycles. The van der Waals surface area contributed by atoms with E-state index in [4.69, 9.17) is 28.4 Å². The third kappa shape index (κ3) is 9.51. The molecule has 6 aromatic carbocycles. The van der Waals surface area contributed by atoms with Crippen LogP contribution in [0.15, 0.2) is 158 Å². The highest BCUT2D eigenvalue weighted by atomic mass is 19.1. The Morgan fingerprint density at radius 3 is 1.70 bits per heavy atom. The number of benzene rings is 6. The summed E-state index contributed by atoms with van der Waals surface area (Å²) >= 11 is 0. The molecule has 0 aromatic heterocycles. The maximum Gasteiger partial charge on any atom is 0.222 e. The Morgan fingerprint density at radius 2 is 1.12 bits per heavy atom. The zero-order chi connectivity index (χ0) is 38.9. The fourth-order valence-electron chi connectivity index (χ4n) is 7.63. The third-order valence-electron chi connectivity index (χ3n) is 10.5. The van der Waals surface area contributed by atoms with Crippen LogP contribution in [0.1, 0.15) is 44.5 Å². The van der Waals surface area contributed by atoms with Gasteiger partial charge in [0.2, 0.25) is 5.79 Å². The molecule has 1 saturated heterocycles. The molecular weight excluding hydrogens is 720 g/mol. The Hall–Kier alpha value is -5.19. The van der Waals surface area contributed by atoms with Gasteiger partial charge in [-0.3, -0.25) is 0 Å². The number of halogens is 1. The molecule has 7 nitrogen and oxygen atoms in total. The second kappa shape index (κ2) is 18.4.